The van der Waals surface area contributed by atoms with Crippen LogP contribution in [0.2, 0.25) is 0 Å². The van der Waals surface area contributed by atoms with Crippen LogP contribution >= 0.6 is 24.0 Å². The van der Waals surface area contributed by atoms with Crippen molar-refractivity contribution >= 4 is 39.8 Å². The molecule has 0 fully saturated rings. The Morgan fingerprint density at radius 2 is 1.57 bits per heavy atom. The van der Waals surface area contributed by atoms with Crippen LogP contribution in [-0.4, -0.2) is 34.8 Å². The number of nitrogens with one attached hydrogen (secondary N) is 2. The van der Waals surface area contributed by atoms with Crippen molar-refractivity contribution in [2.24, 2.45) is 4.99 Å². The predicted molar refractivity (Wildman–Crippen MR) is 124 cm³/mol. The number of aliphatic imine (C=N–C) groups is 1. The lowest BCUT2D eigenvalue weighted by Crippen LogP contribution is -2.36. The van der Waals surface area contributed by atoms with E-state index < -0.39 is 9.84 Å². The molecule has 2 N–H and O–H groups in total. The second kappa shape index (κ2) is 10.7. The van der Waals surface area contributed by atoms with Gasteiger partial charge in [-0.25, -0.2) is 8.42 Å². The summed E-state index contributed by atoms with van der Waals surface area (Å²) in [5.74, 6) is 1.53. The van der Waals surface area contributed by atoms with E-state index >= 15 is 0 Å². The van der Waals surface area contributed by atoms with Crippen molar-refractivity contribution in [1.29, 1.82) is 0 Å². The summed E-state index contributed by atoms with van der Waals surface area (Å²) in [6.07, 6.45) is 1.22. The summed E-state index contributed by atoms with van der Waals surface area (Å²) in [4.78, 5) is 4.59. The van der Waals surface area contributed by atoms with E-state index in [4.69, 9.17) is 4.74 Å². The molecule has 0 unspecified atom stereocenters. The van der Waals surface area contributed by atoms with Crippen molar-refractivity contribution in [3.63, 3.8) is 0 Å². The quantitative estimate of drug-likeness (QED) is 0.350. The van der Waals surface area contributed by atoms with Gasteiger partial charge in [0.1, 0.15) is 5.75 Å². The third kappa shape index (κ3) is 6.66. The van der Waals surface area contributed by atoms with Gasteiger partial charge >= 0.3 is 0 Å². The zero-order chi connectivity index (χ0) is 20.0. The standard InChI is InChI=1S/C20H27N3O3S.HI/c1-14-6-7-17(11-18(14)26-4)13-23-20(21-3)22-12-16-8-9-19(15(2)10-16)27(5,24)25;/h6-11H,12-13H2,1-5H3,(H2,21,22,23);1H. The molecule has 0 aliphatic carbocycles. The summed E-state index contributed by atoms with van der Waals surface area (Å²) in [5, 5.41) is 6.50. The zero-order valence-electron chi connectivity index (χ0n) is 16.9. The van der Waals surface area contributed by atoms with Crippen LogP contribution in [0.3, 0.4) is 0 Å². The highest BCUT2D eigenvalue weighted by molar-refractivity contribution is 14.0. The van der Waals surface area contributed by atoms with E-state index in [1.807, 2.05) is 37.3 Å². The number of sulfone groups is 1. The molecule has 0 radical (unpaired) electrons. The molecule has 0 saturated heterocycles. The first-order chi connectivity index (χ1) is 12.7. The van der Waals surface area contributed by atoms with Gasteiger partial charge < -0.3 is 15.4 Å². The van der Waals surface area contributed by atoms with Gasteiger partial charge in [-0.15, -0.1) is 24.0 Å². The molecule has 0 aliphatic heterocycles. The molecular formula is C20H28IN3O3S. The van der Waals surface area contributed by atoms with Crippen LogP contribution in [0.4, 0.5) is 0 Å². The Morgan fingerprint density at radius 3 is 2.07 bits per heavy atom. The number of halogens is 1. The molecule has 28 heavy (non-hydrogen) atoms. The number of hydrogen-bond donors (Lipinski definition) is 2. The summed E-state index contributed by atoms with van der Waals surface area (Å²) in [7, 11) is 0.174. The summed E-state index contributed by atoms with van der Waals surface area (Å²) in [6, 6.07) is 11.4. The van der Waals surface area contributed by atoms with Gasteiger partial charge in [-0.1, -0.05) is 24.3 Å². The normalized spacial score (nSPS) is 11.5. The van der Waals surface area contributed by atoms with Crippen LogP contribution in [0.25, 0.3) is 0 Å². The number of rotatable bonds is 6. The Kier molecular flexibility index (Phi) is 9.22. The number of guanidine groups is 1. The van der Waals surface area contributed by atoms with Crippen molar-refractivity contribution in [2.75, 3.05) is 20.4 Å². The van der Waals surface area contributed by atoms with Crippen LogP contribution in [0.5, 0.6) is 5.75 Å². The zero-order valence-corrected chi connectivity index (χ0v) is 20.0. The van der Waals surface area contributed by atoms with E-state index in [1.54, 1.807) is 27.1 Å². The molecule has 0 aromatic heterocycles. The van der Waals surface area contributed by atoms with Gasteiger partial charge in [0.05, 0.1) is 12.0 Å². The van der Waals surface area contributed by atoms with Crippen LogP contribution in [0.15, 0.2) is 46.3 Å². The van der Waals surface area contributed by atoms with Crippen molar-refractivity contribution in [2.45, 2.75) is 31.8 Å². The second-order valence-corrected chi connectivity index (χ2v) is 8.44. The van der Waals surface area contributed by atoms with Crippen LogP contribution < -0.4 is 15.4 Å². The third-order valence-corrected chi connectivity index (χ3v) is 5.51. The van der Waals surface area contributed by atoms with E-state index in [0.29, 0.717) is 23.9 Å². The van der Waals surface area contributed by atoms with E-state index in [-0.39, 0.29) is 24.0 Å². The molecular weight excluding hydrogens is 489 g/mol. The lowest BCUT2D eigenvalue weighted by atomic mass is 10.1. The van der Waals surface area contributed by atoms with Crippen LogP contribution in [0, 0.1) is 13.8 Å². The minimum absolute atomic E-state index is 0. The number of aryl methyl sites for hydroxylation is 2. The lowest BCUT2D eigenvalue weighted by Gasteiger charge is -2.14. The lowest BCUT2D eigenvalue weighted by molar-refractivity contribution is 0.411. The molecule has 0 heterocycles. The second-order valence-electron chi connectivity index (χ2n) is 6.46. The molecule has 8 heteroatoms. The molecule has 0 bridgehead atoms. The van der Waals surface area contributed by atoms with E-state index in [0.717, 1.165) is 28.0 Å². The van der Waals surface area contributed by atoms with Crippen LogP contribution in [-0.2, 0) is 22.9 Å². The maximum Gasteiger partial charge on any atom is 0.191 e. The average Bonchev–Trinajstić information content (AvgIpc) is 2.62. The van der Waals surface area contributed by atoms with Gasteiger partial charge in [-0.3, -0.25) is 4.99 Å². The molecule has 6 nitrogen and oxygen atoms in total. The minimum Gasteiger partial charge on any atom is -0.496 e. The first-order valence-electron chi connectivity index (χ1n) is 8.62. The molecule has 0 aliphatic rings. The van der Waals surface area contributed by atoms with Gasteiger partial charge in [0.15, 0.2) is 15.8 Å². The molecule has 2 aromatic rings. The molecule has 0 amide bonds. The highest BCUT2D eigenvalue weighted by Crippen LogP contribution is 2.19. The topological polar surface area (TPSA) is 79.8 Å². The number of methoxy groups -OCH3 is 1. The third-order valence-electron chi connectivity index (χ3n) is 4.25. The Labute approximate surface area is 184 Å². The maximum atomic E-state index is 11.7. The summed E-state index contributed by atoms with van der Waals surface area (Å²) < 4.78 is 28.8. The maximum absolute atomic E-state index is 11.7. The fraction of sp³-hybridized carbons (Fsp3) is 0.350. The Balaban J connectivity index is 0.00000392. The highest BCUT2D eigenvalue weighted by Gasteiger charge is 2.11. The first-order valence-corrected chi connectivity index (χ1v) is 10.5. The van der Waals surface area contributed by atoms with Crippen molar-refractivity contribution in [3.8, 4) is 5.75 Å². The van der Waals surface area contributed by atoms with Gasteiger partial charge in [-0.05, 0) is 48.2 Å². The number of hydrogen-bond acceptors (Lipinski definition) is 4. The van der Waals surface area contributed by atoms with E-state index in [1.165, 1.54) is 6.26 Å². The van der Waals surface area contributed by atoms with Gasteiger partial charge in [0.25, 0.3) is 0 Å². The number of ether oxygens (including phenoxy) is 1. The minimum atomic E-state index is -3.20. The molecule has 0 spiro atoms. The number of nitrogens with zero attached hydrogens (tertiary/aromatic N) is 1. The summed E-state index contributed by atoms with van der Waals surface area (Å²) in [6.45, 7) is 4.97. The molecule has 0 saturated carbocycles. The smallest absolute Gasteiger partial charge is 0.191 e. The van der Waals surface area contributed by atoms with Crippen LogP contribution in [0.1, 0.15) is 22.3 Å². The predicted octanol–water partition coefficient (Wildman–Crippen LogP) is 3.20. The van der Waals surface area contributed by atoms with E-state index in [2.05, 4.69) is 15.6 Å². The van der Waals surface area contributed by atoms with Crippen molar-refractivity contribution in [3.05, 3.63) is 58.7 Å². The molecule has 2 aromatic carbocycles. The summed E-state index contributed by atoms with van der Waals surface area (Å²) in [5.41, 5.74) is 3.91. The van der Waals surface area contributed by atoms with Gasteiger partial charge in [-0.2, -0.15) is 0 Å². The Hall–Kier alpha value is -1.81. The monoisotopic (exact) mass is 517 g/mol. The average molecular weight is 517 g/mol. The van der Waals surface area contributed by atoms with E-state index in [9.17, 15) is 8.42 Å². The number of benzene rings is 2. The molecule has 154 valence electrons. The van der Waals surface area contributed by atoms with Gasteiger partial charge in [0, 0.05) is 26.4 Å². The fourth-order valence-corrected chi connectivity index (χ4v) is 3.76. The highest BCUT2D eigenvalue weighted by atomic mass is 127. The van der Waals surface area contributed by atoms with Crippen molar-refractivity contribution in [1.82, 2.24) is 10.6 Å². The molecule has 0 atom stereocenters. The van der Waals surface area contributed by atoms with Crippen molar-refractivity contribution < 1.29 is 13.2 Å². The Morgan fingerprint density at radius 1 is 1.00 bits per heavy atom. The Bertz CT molecular complexity index is 944. The summed E-state index contributed by atoms with van der Waals surface area (Å²) >= 11 is 0. The SMILES string of the molecule is CN=C(NCc1ccc(S(C)(=O)=O)c(C)c1)NCc1ccc(C)c(OC)c1.I. The largest absolute Gasteiger partial charge is 0.496 e. The first kappa shape index (κ1) is 24.2. The fourth-order valence-electron chi connectivity index (χ4n) is 2.80. The van der Waals surface area contributed by atoms with Gasteiger partial charge in [0.2, 0.25) is 0 Å². The molecule has 2 rings (SSSR count).